The number of carbonyl (C=O) groups is 2. The molecule has 0 aromatic heterocycles. The molecule has 0 aliphatic rings. The summed E-state index contributed by atoms with van der Waals surface area (Å²) in [6, 6.07) is 13.6. The molecule has 0 heterocycles. The Labute approximate surface area is 195 Å². The van der Waals surface area contributed by atoms with Crippen molar-refractivity contribution in [2.45, 2.75) is 52.2 Å². The molecule has 0 bridgehead atoms. The highest BCUT2D eigenvalue weighted by atomic mass is 32.2. The molecule has 0 aliphatic carbocycles. The van der Waals surface area contributed by atoms with E-state index in [1.807, 2.05) is 51.1 Å². The van der Waals surface area contributed by atoms with Crippen molar-refractivity contribution >= 4 is 27.5 Å². The summed E-state index contributed by atoms with van der Waals surface area (Å²) in [4.78, 5) is 27.9. The van der Waals surface area contributed by atoms with Crippen molar-refractivity contribution in [1.82, 2.24) is 10.2 Å². The molecule has 2 aromatic carbocycles. The number of nitrogens with one attached hydrogen (secondary N) is 1. The Balaban J connectivity index is 2.44. The third-order valence-electron chi connectivity index (χ3n) is 4.88. The molecular weight excluding hydrogens is 445 g/mol. The molecule has 2 amide bonds. The van der Waals surface area contributed by atoms with E-state index in [-0.39, 0.29) is 18.1 Å². The molecule has 2 rings (SSSR count). The van der Waals surface area contributed by atoms with Crippen molar-refractivity contribution < 1.29 is 22.4 Å². The van der Waals surface area contributed by atoms with Crippen molar-refractivity contribution in [3.8, 4) is 0 Å². The van der Waals surface area contributed by atoms with E-state index in [1.165, 1.54) is 23.1 Å². The molecule has 0 spiro atoms. The van der Waals surface area contributed by atoms with Gasteiger partial charge in [-0.2, -0.15) is 0 Å². The summed E-state index contributed by atoms with van der Waals surface area (Å²) in [6.07, 6.45) is 1.23. The lowest BCUT2D eigenvalue weighted by atomic mass is 10.1. The molecule has 0 saturated carbocycles. The van der Waals surface area contributed by atoms with Gasteiger partial charge in [0.25, 0.3) is 0 Å². The Kier molecular flexibility index (Phi) is 8.60. The van der Waals surface area contributed by atoms with E-state index in [4.69, 9.17) is 0 Å². The van der Waals surface area contributed by atoms with Crippen LogP contribution in [0.15, 0.2) is 54.6 Å². The molecule has 180 valence electrons. The molecule has 2 aromatic rings. The molecule has 33 heavy (non-hydrogen) atoms. The Morgan fingerprint density at radius 1 is 1.03 bits per heavy atom. The zero-order chi connectivity index (χ0) is 24.8. The maximum atomic E-state index is 14.4. The summed E-state index contributed by atoms with van der Waals surface area (Å²) in [6.45, 7) is 6.76. The second kappa shape index (κ2) is 10.8. The quantitative estimate of drug-likeness (QED) is 0.600. The smallest absolute Gasteiger partial charge is 0.244 e. The van der Waals surface area contributed by atoms with E-state index in [2.05, 4.69) is 5.32 Å². The SMILES string of the molecule is CC[C@H](C(=O)NC(C)(C)C)N(Cc1ccccc1)C(=O)CN(c1ccccc1F)S(C)(=O)=O. The van der Waals surface area contributed by atoms with Gasteiger partial charge in [0.15, 0.2) is 0 Å². The lowest BCUT2D eigenvalue weighted by Crippen LogP contribution is -2.55. The number of halogens is 1. The number of nitrogens with zero attached hydrogens (tertiary/aromatic N) is 2. The van der Waals surface area contributed by atoms with E-state index in [0.717, 1.165) is 22.2 Å². The first-order valence-corrected chi connectivity index (χ1v) is 12.6. The van der Waals surface area contributed by atoms with Gasteiger partial charge < -0.3 is 10.2 Å². The highest BCUT2D eigenvalue weighted by Gasteiger charge is 2.33. The number of carbonyl (C=O) groups excluding carboxylic acids is 2. The van der Waals surface area contributed by atoms with Gasteiger partial charge in [0.1, 0.15) is 18.4 Å². The predicted molar refractivity (Wildman–Crippen MR) is 128 cm³/mol. The summed E-state index contributed by atoms with van der Waals surface area (Å²) in [7, 11) is -3.98. The molecule has 7 nitrogen and oxygen atoms in total. The van der Waals surface area contributed by atoms with Gasteiger partial charge in [-0.05, 0) is 44.9 Å². The first-order valence-electron chi connectivity index (χ1n) is 10.7. The third-order valence-corrected chi connectivity index (χ3v) is 6.01. The molecule has 0 fully saturated rings. The van der Waals surface area contributed by atoms with Crippen LogP contribution in [-0.4, -0.2) is 49.5 Å². The zero-order valence-electron chi connectivity index (χ0n) is 19.7. The molecule has 0 saturated heterocycles. The van der Waals surface area contributed by atoms with Crippen molar-refractivity contribution in [3.63, 3.8) is 0 Å². The Morgan fingerprint density at radius 2 is 1.61 bits per heavy atom. The monoisotopic (exact) mass is 477 g/mol. The Morgan fingerprint density at radius 3 is 2.12 bits per heavy atom. The summed E-state index contributed by atoms with van der Waals surface area (Å²) >= 11 is 0. The van der Waals surface area contributed by atoms with Crippen LogP contribution >= 0.6 is 0 Å². The number of hydrogen-bond donors (Lipinski definition) is 1. The van der Waals surface area contributed by atoms with E-state index < -0.39 is 39.9 Å². The second-order valence-electron chi connectivity index (χ2n) is 8.89. The fourth-order valence-electron chi connectivity index (χ4n) is 3.40. The number of benzene rings is 2. The molecular formula is C24H32FN3O4S. The number of para-hydroxylation sites is 1. The largest absolute Gasteiger partial charge is 0.350 e. The van der Waals surface area contributed by atoms with Crippen LogP contribution in [0.1, 0.15) is 39.7 Å². The summed E-state index contributed by atoms with van der Waals surface area (Å²) in [5.74, 6) is -1.71. The lowest BCUT2D eigenvalue weighted by Gasteiger charge is -2.34. The van der Waals surface area contributed by atoms with Crippen LogP contribution in [0, 0.1) is 5.82 Å². The molecule has 1 atom stereocenters. The summed E-state index contributed by atoms with van der Waals surface area (Å²) in [5, 5.41) is 2.89. The van der Waals surface area contributed by atoms with Crippen LogP contribution < -0.4 is 9.62 Å². The predicted octanol–water partition coefficient (Wildman–Crippen LogP) is 3.31. The topological polar surface area (TPSA) is 86.8 Å². The van der Waals surface area contributed by atoms with Gasteiger partial charge in [0.2, 0.25) is 21.8 Å². The molecule has 1 N–H and O–H groups in total. The van der Waals surface area contributed by atoms with E-state index in [1.54, 1.807) is 6.92 Å². The van der Waals surface area contributed by atoms with Crippen LogP contribution in [0.4, 0.5) is 10.1 Å². The first kappa shape index (κ1) is 26.3. The number of sulfonamides is 1. The maximum Gasteiger partial charge on any atom is 0.244 e. The molecule has 0 radical (unpaired) electrons. The second-order valence-corrected chi connectivity index (χ2v) is 10.8. The van der Waals surface area contributed by atoms with Crippen LogP contribution in [0.2, 0.25) is 0 Å². The van der Waals surface area contributed by atoms with Gasteiger partial charge in [-0.25, -0.2) is 12.8 Å². The first-order chi connectivity index (χ1) is 15.3. The van der Waals surface area contributed by atoms with Gasteiger partial charge in [-0.15, -0.1) is 0 Å². The molecule has 0 aliphatic heterocycles. The summed E-state index contributed by atoms with van der Waals surface area (Å²) in [5.41, 5.74) is 0.0441. The van der Waals surface area contributed by atoms with E-state index >= 15 is 0 Å². The Bertz CT molecular complexity index is 1070. The van der Waals surface area contributed by atoms with Gasteiger partial charge >= 0.3 is 0 Å². The average Bonchev–Trinajstić information content (AvgIpc) is 2.71. The van der Waals surface area contributed by atoms with Crippen LogP contribution in [-0.2, 0) is 26.2 Å². The zero-order valence-corrected chi connectivity index (χ0v) is 20.5. The van der Waals surface area contributed by atoms with Gasteiger partial charge in [-0.3, -0.25) is 13.9 Å². The van der Waals surface area contributed by atoms with Gasteiger partial charge in [0, 0.05) is 12.1 Å². The lowest BCUT2D eigenvalue weighted by molar-refractivity contribution is -0.141. The van der Waals surface area contributed by atoms with Crippen LogP contribution in [0.5, 0.6) is 0 Å². The van der Waals surface area contributed by atoms with Gasteiger partial charge in [-0.1, -0.05) is 49.4 Å². The average molecular weight is 478 g/mol. The minimum atomic E-state index is -3.98. The van der Waals surface area contributed by atoms with E-state index in [9.17, 15) is 22.4 Å². The highest BCUT2D eigenvalue weighted by Crippen LogP contribution is 2.22. The summed E-state index contributed by atoms with van der Waals surface area (Å²) < 4.78 is 40.1. The van der Waals surface area contributed by atoms with Crippen LogP contribution in [0.25, 0.3) is 0 Å². The normalized spacial score (nSPS) is 12.7. The van der Waals surface area contributed by atoms with Crippen LogP contribution in [0.3, 0.4) is 0 Å². The fourth-order valence-corrected chi connectivity index (χ4v) is 4.25. The fraction of sp³-hybridized carbons (Fsp3) is 0.417. The van der Waals surface area contributed by atoms with Crippen molar-refractivity contribution in [1.29, 1.82) is 0 Å². The van der Waals surface area contributed by atoms with Gasteiger partial charge in [0.05, 0.1) is 11.9 Å². The third kappa shape index (κ3) is 7.56. The standard InChI is InChI=1S/C24H32FN3O4S/c1-6-20(23(30)26-24(2,3)4)27(16-18-12-8-7-9-13-18)22(29)17-28(33(5,31)32)21-15-11-10-14-19(21)25/h7-15,20H,6,16-17H2,1-5H3,(H,26,30)/t20-/m1/s1. The Hall–Kier alpha value is -2.94. The highest BCUT2D eigenvalue weighted by molar-refractivity contribution is 7.92. The minimum absolute atomic E-state index is 0.102. The van der Waals surface area contributed by atoms with Crippen molar-refractivity contribution in [3.05, 3.63) is 66.0 Å². The number of rotatable bonds is 9. The minimum Gasteiger partial charge on any atom is -0.350 e. The van der Waals surface area contributed by atoms with Crippen molar-refractivity contribution in [2.75, 3.05) is 17.1 Å². The number of amides is 2. The van der Waals surface area contributed by atoms with Crippen molar-refractivity contribution in [2.24, 2.45) is 0 Å². The molecule has 0 unspecified atom stereocenters. The maximum absolute atomic E-state index is 14.4. The molecule has 9 heteroatoms. The number of hydrogen-bond acceptors (Lipinski definition) is 4. The number of anilines is 1. The van der Waals surface area contributed by atoms with E-state index in [0.29, 0.717) is 6.42 Å².